The number of hydrogen-bond donors (Lipinski definition) is 2. The lowest BCUT2D eigenvalue weighted by atomic mass is 9.69. The van der Waals surface area contributed by atoms with E-state index in [1.807, 2.05) is 24.3 Å². The third-order valence-electron chi connectivity index (χ3n) is 5.23. The van der Waals surface area contributed by atoms with E-state index in [1.165, 1.54) is 22.3 Å². The van der Waals surface area contributed by atoms with Crippen LogP contribution in [-0.2, 0) is 5.41 Å². The Morgan fingerprint density at radius 2 is 1.15 bits per heavy atom. The zero-order valence-electron chi connectivity index (χ0n) is 15.4. The number of phenols is 2. The van der Waals surface area contributed by atoms with Gasteiger partial charge >= 0.3 is 0 Å². The third-order valence-corrected chi connectivity index (χ3v) is 5.23. The minimum Gasteiger partial charge on any atom is -0.508 e. The highest BCUT2D eigenvalue weighted by atomic mass is 16.3. The van der Waals surface area contributed by atoms with Gasteiger partial charge in [0, 0.05) is 5.41 Å². The minimum absolute atomic E-state index is 0.0594. The first kappa shape index (κ1) is 18.1. The van der Waals surface area contributed by atoms with E-state index in [0.29, 0.717) is 11.5 Å². The molecule has 0 atom stereocenters. The van der Waals surface area contributed by atoms with E-state index in [0.717, 1.165) is 19.3 Å². The Balaban J connectivity index is 0.000000269. The molecule has 2 aliphatic carbocycles. The molecule has 26 heavy (non-hydrogen) atoms. The largest absolute Gasteiger partial charge is 0.508 e. The summed E-state index contributed by atoms with van der Waals surface area (Å²) >= 11 is 0. The summed E-state index contributed by atoms with van der Waals surface area (Å²) < 4.78 is 0. The maximum atomic E-state index is 9.50. The highest BCUT2D eigenvalue weighted by Gasteiger charge is 2.31. The van der Waals surface area contributed by atoms with Crippen molar-refractivity contribution in [2.75, 3.05) is 0 Å². The Morgan fingerprint density at radius 3 is 1.42 bits per heavy atom. The van der Waals surface area contributed by atoms with Crippen molar-refractivity contribution in [3.8, 4) is 22.6 Å². The summed E-state index contributed by atoms with van der Waals surface area (Å²) in [6.45, 7) is 4.38. The van der Waals surface area contributed by atoms with E-state index in [9.17, 15) is 10.2 Å². The third kappa shape index (κ3) is 3.75. The van der Waals surface area contributed by atoms with E-state index < -0.39 is 0 Å². The molecule has 0 spiro atoms. The van der Waals surface area contributed by atoms with Crippen molar-refractivity contribution in [2.45, 2.75) is 38.5 Å². The van der Waals surface area contributed by atoms with Gasteiger partial charge in [-0.15, -0.1) is 0 Å². The first-order valence-electron chi connectivity index (χ1n) is 9.28. The van der Waals surface area contributed by atoms with E-state index in [1.54, 1.807) is 24.3 Å². The zero-order chi connectivity index (χ0) is 18.6. The topological polar surface area (TPSA) is 40.5 Å². The van der Waals surface area contributed by atoms with Gasteiger partial charge in [0.25, 0.3) is 0 Å². The second-order valence-corrected chi connectivity index (χ2v) is 6.86. The average Bonchev–Trinajstić information content (AvgIpc) is 3.27. The van der Waals surface area contributed by atoms with Crippen LogP contribution < -0.4 is 0 Å². The summed E-state index contributed by atoms with van der Waals surface area (Å²) in [7, 11) is 0. The molecule has 2 aromatic rings. The molecule has 0 aliphatic heterocycles. The van der Waals surface area contributed by atoms with Crippen LogP contribution in [0, 0.1) is 0 Å². The maximum absolute atomic E-state index is 9.50. The molecule has 0 heterocycles. The molecule has 0 aromatic heterocycles. The number of phenolic OH excluding ortho intramolecular Hbond substituents is 2. The fraction of sp³-hybridized carbons (Fsp3) is 0.250. The molecule has 0 saturated carbocycles. The van der Waals surface area contributed by atoms with Gasteiger partial charge < -0.3 is 10.2 Å². The van der Waals surface area contributed by atoms with E-state index in [-0.39, 0.29) is 5.41 Å². The van der Waals surface area contributed by atoms with Crippen molar-refractivity contribution in [3.63, 3.8) is 0 Å². The van der Waals surface area contributed by atoms with Crippen molar-refractivity contribution >= 4 is 0 Å². The normalized spacial score (nSPS) is 11.5. The number of rotatable bonds is 5. The lowest BCUT2D eigenvalue weighted by Crippen LogP contribution is -2.26. The highest BCUT2D eigenvalue weighted by molar-refractivity contribution is 5.80. The molecule has 2 heteroatoms. The van der Waals surface area contributed by atoms with Crippen LogP contribution in [0.5, 0.6) is 11.5 Å². The van der Waals surface area contributed by atoms with Gasteiger partial charge in [-0.3, -0.25) is 0 Å². The van der Waals surface area contributed by atoms with Crippen LogP contribution in [0.4, 0.5) is 0 Å². The summed E-state index contributed by atoms with van der Waals surface area (Å²) in [5.41, 5.74) is 5.22. The van der Waals surface area contributed by atoms with Crippen molar-refractivity contribution in [1.82, 2.24) is 0 Å². The summed E-state index contributed by atoms with van der Waals surface area (Å²) in [6.07, 6.45) is 3.10. The second kappa shape index (κ2) is 7.65. The molecule has 0 bridgehead atoms. The number of fused-ring (bicyclic) bond motifs is 1. The molecule has 2 N–H and O–H groups in total. The average molecular weight is 346 g/mol. The van der Waals surface area contributed by atoms with Crippen LogP contribution in [0.15, 0.2) is 72.8 Å². The van der Waals surface area contributed by atoms with Gasteiger partial charge in [0.15, 0.2) is 0 Å². The molecule has 0 amide bonds. The van der Waals surface area contributed by atoms with E-state index in [4.69, 9.17) is 0 Å². The summed E-state index contributed by atoms with van der Waals surface area (Å²) in [4.78, 5) is 0. The monoisotopic (exact) mass is 346 g/mol. The lowest BCUT2D eigenvalue weighted by molar-refractivity contribution is 0.443. The van der Waals surface area contributed by atoms with Crippen LogP contribution >= 0.6 is 0 Å². The molecule has 0 saturated heterocycles. The smallest absolute Gasteiger partial charge is 0.115 e. The van der Waals surface area contributed by atoms with Crippen LogP contribution in [-0.4, -0.2) is 10.2 Å². The van der Waals surface area contributed by atoms with Crippen molar-refractivity contribution < 1.29 is 10.2 Å². The number of benzene rings is 3. The molecular weight excluding hydrogens is 320 g/mol. The number of hydrogen-bond acceptors (Lipinski definition) is 2. The van der Waals surface area contributed by atoms with Gasteiger partial charge in [-0.1, -0.05) is 62.7 Å². The predicted octanol–water partition coefficient (Wildman–Crippen LogP) is 6.26. The minimum atomic E-state index is -0.0594. The summed E-state index contributed by atoms with van der Waals surface area (Å²) in [5, 5.41) is 19.0. The SMILES string of the molecule is CCCC(CC)(c1ccc(O)cc1)c1ccc(O)cc1.c1cc2cc-2c1. The fourth-order valence-electron chi connectivity index (χ4n) is 3.70. The second-order valence-electron chi connectivity index (χ2n) is 6.86. The van der Waals surface area contributed by atoms with Gasteiger partial charge in [-0.05, 0) is 65.4 Å². The number of aromatic hydroxyl groups is 2. The van der Waals surface area contributed by atoms with Gasteiger partial charge in [-0.25, -0.2) is 0 Å². The molecular formula is C24H26O2. The lowest BCUT2D eigenvalue weighted by Gasteiger charge is -2.34. The van der Waals surface area contributed by atoms with E-state index >= 15 is 0 Å². The Kier molecular flexibility index (Phi) is 5.32. The Morgan fingerprint density at radius 1 is 0.692 bits per heavy atom. The Hall–Kier alpha value is -2.74. The molecule has 2 nitrogen and oxygen atoms in total. The van der Waals surface area contributed by atoms with Crippen LogP contribution in [0.25, 0.3) is 11.1 Å². The Labute approximate surface area is 155 Å². The van der Waals surface area contributed by atoms with E-state index in [2.05, 4.69) is 38.1 Å². The first-order valence-corrected chi connectivity index (χ1v) is 9.28. The maximum Gasteiger partial charge on any atom is 0.115 e. The van der Waals surface area contributed by atoms with Crippen molar-refractivity contribution in [2.24, 2.45) is 0 Å². The molecule has 0 unspecified atom stereocenters. The quantitative estimate of drug-likeness (QED) is 0.447. The van der Waals surface area contributed by atoms with Crippen LogP contribution in [0.2, 0.25) is 0 Å². The fourth-order valence-corrected chi connectivity index (χ4v) is 3.70. The zero-order valence-corrected chi connectivity index (χ0v) is 15.4. The van der Waals surface area contributed by atoms with Crippen LogP contribution in [0.3, 0.4) is 0 Å². The first-order chi connectivity index (χ1) is 12.6. The predicted molar refractivity (Wildman–Crippen MR) is 108 cm³/mol. The molecule has 134 valence electrons. The van der Waals surface area contributed by atoms with Crippen molar-refractivity contribution in [3.05, 3.63) is 83.9 Å². The standard InChI is InChI=1S/C18H22O2.C6H4/c1-3-13-18(4-2,14-5-9-16(19)10-6-14)15-7-11-17(20)12-8-15;1-2-5-4-6(5)3-1/h5-12,19-20H,3-4,13H2,1-2H3;1-4H. The Bertz CT molecular complexity index is 785. The summed E-state index contributed by atoms with van der Waals surface area (Å²) in [6, 6.07) is 23.5. The molecule has 0 radical (unpaired) electrons. The van der Waals surface area contributed by atoms with Gasteiger partial charge in [0.2, 0.25) is 0 Å². The molecule has 2 aromatic carbocycles. The van der Waals surface area contributed by atoms with Gasteiger partial charge in [0.05, 0.1) is 0 Å². The molecule has 0 fully saturated rings. The van der Waals surface area contributed by atoms with Crippen molar-refractivity contribution in [1.29, 1.82) is 0 Å². The van der Waals surface area contributed by atoms with Gasteiger partial charge in [0.1, 0.15) is 11.5 Å². The van der Waals surface area contributed by atoms with Gasteiger partial charge in [-0.2, -0.15) is 0 Å². The molecule has 2 aliphatic rings. The van der Waals surface area contributed by atoms with Crippen LogP contribution in [0.1, 0.15) is 44.2 Å². The molecule has 4 rings (SSSR count). The summed E-state index contributed by atoms with van der Waals surface area (Å²) in [5.74, 6) is 0.585. The highest BCUT2D eigenvalue weighted by Crippen LogP contribution is 2.40.